The minimum atomic E-state index is -0.724. The van der Waals surface area contributed by atoms with Gasteiger partial charge in [0.1, 0.15) is 0 Å². The van der Waals surface area contributed by atoms with Crippen molar-refractivity contribution in [2.45, 2.75) is 0 Å². The second-order valence-electron chi connectivity index (χ2n) is 1.23. The van der Waals surface area contributed by atoms with Crippen molar-refractivity contribution in [1.82, 2.24) is 0 Å². The van der Waals surface area contributed by atoms with E-state index in [2.05, 4.69) is 30.4 Å². The van der Waals surface area contributed by atoms with Crippen LogP contribution in [0, 0.1) is 0 Å². The molecule has 0 rings (SSSR count). The summed E-state index contributed by atoms with van der Waals surface area (Å²) in [6.07, 6.45) is 0. The summed E-state index contributed by atoms with van der Waals surface area (Å²) in [4.78, 5) is 4.43. The number of nitrogens with zero attached hydrogens (tertiary/aromatic N) is 8. The van der Waals surface area contributed by atoms with Crippen molar-refractivity contribution in [3.63, 3.8) is 0 Å². The van der Waals surface area contributed by atoms with Gasteiger partial charge < -0.3 is 10.4 Å². The van der Waals surface area contributed by atoms with Gasteiger partial charge in [-0.05, 0) is 21.3 Å². The maximum absolute atomic E-state index is 8.13. The highest BCUT2D eigenvalue weighted by atomic mass is 16.4. The van der Waals surface area contributed by atoms with Gasteiger partial charge in [-0.3, -0.25) is 0 Å². The monoisotopic (exact) mass is 170 g/mol. The molecule has 0 aromatic carbocycles. The molecular weight excluding hydrogens is 168 g/mol. The number of azide groups is 2. The Kier molecular flexibility index (Phi) is 4.26. The van der Waals surface area contributed by atoms with E-state index in [4.69, 9.17) is 21.5 Å². The van der Waals surface area contributed by atoms with Crippen LogP contribution < -0.4 is 0 Å². The first kappa shape index (κ1) is 9.56. The lowest BCUT2D eigenvalue weighted by atomic mass is 10.6. The fourth-order valence-corrected chi connectivity index (χ4v) is 0.304. The molecule has 10 nitrogen and oxygen atoms in total. The van der Waals surface area contributed by atoms with Crippen LogP contribution in [0.25, 0.3) is 20.9 Å². The second kappa shape index (κ2) is 5.35. The first-order chi connectivity index (χ1) is 5.79. The Balaban J connectivity index is 4.96. The molecule has 0 spiro atoms. The number of hydrogen-bond donors (Lipinski definition) is 2. The summed E-state index contributed by atoms with van der Waals surface area (Å²) in [5, 5.41) is 26.6. The average Bonchev–Trinajstić information content (AvgIpc) is 2.11. The van der Waals surface area contributed by atoms with Crippen molar-refractivity contribution in [1.29, 1.82) is 0 Å². The Bertz CT molecular complexity index is 271. The van der Waals surface area contributed by atoms with Gasteiger partial charge in [0.2, 0.25) is 0 Å². The van der Waals surface area contributed by atoms with Crippen molar-refractivity contribution < 1.29 is 10.4 Å². The van der Waals surface area contributed by atoms with E-state index in [0.29, 0.717) is 0 Å². The first-order valence-electron chi connectivity index (χ1n) is 2.34. The molecule has 0 bridgehead atoms. The first-order valence-corrected chi connectivity index (χ1v) is 2.34. The van der Waals surface area contributed by atoms with Gasteiger partial charge in [0.05, 0.1) is 0 Å². The van der Waals surface area contributed by atoms with Crippen LogP contribution in [0.2, 0.25) is 0 Å². The normalized spacial score (nSPS) is 11.3. The van der Waals surface area contributed by atoms with Crippen LogP contribution in [0.15, 0.2) is 20.5 Å². The Labute approximate surface area is 64.7 Å². The molecular formula is C2H2N8O2. The van der Waals surface area contributed by atoms with Crippen LogP contribution in [0.4, 0.5) is 0 Å². The number of hydrogen-bond acceptors (Lipinski definition) is 4. The number of amidine groups is 2. The Morgan fingerprint density at radius 1 is 0.917 bits per heavy atom. The smallest absolute Gasteiger partial charge is 0.197 e. The van der Waals surface area contributed by atoms with Gasteiger partial charge in [0.25, 0.3) is 0 Å². The van der Waals surface area contributed by atoms with Crippen LogP contribution in [-0.2, 0) is 0 Å². The van der Waals surface area contributed by atoms with Crippen molar-refractivity contribution in [3.05, 3.63) is 20.9 Å². The van der Waals surface area contributed by atoms with Gasteiger partial charge in [-0.15, -0.1) is 0 Å². The largest absolute Gasteiger partial charge is 0.410 e. The number of rotatable bonds is 0. The van der Waals surface area contributed by atoms with E-state index in [-0.39, 0.29) is 0 Å². The van der Waals surface area contributed by atoms with Crippen LogP contribution in [-0.4, -0.2) is 22.1 Å². The standard InChI is InChI=1S/C2H2N8O2/c3-9-5-1(7-11)2(8-12)6-10-4/h11-12H/b7-1+,8-2+. The van der Waals surface area contributed by atoms with Crippen LogP contribution in [0.5, 0.6) is 0 Å². The lowest BCUT2D eigenvalue weighted by Crippen LogP contribution is -2.07. The molecule has 0 amide bonds. The Hall–Kier alpha value is -2.44. The molecule has 0 saturated carbocycles. The molecule has 12 heavy (non-hydrogen) atoms. The Morgan fingerprint density at radius 3 is 1.42 bits per heavy atom. The maximum atomic E-state index is 8.13. The molecule has 0 saturated heterocycles. The predicted octanol–water partition coefficient (Wildman–Crippen LogP) is 1.18. The molecule has 0 aliphatic heterocycles. The minimum absolute atomic E-state index is 0.724. The van der Waals surface area contributed by atoms with Crippen LogP contribution in [0.1, 0.15) is 0 Å². The van der Waals surface area contributed by atoms with E-state index in [1.165, 1.54) is 0 Å². The molecule has 0 atom stereocenters. The Morgan fingerprint density at radius 2 is 1.25 bits per heavy atom. The summed E-state index contributed by atoms with van der Waals surface area (Å²) in [5.74, 6) is -1.45. The molecule has 0 heterocycles. The van der Waals surface area contributed by atoms with Crippen molar-refractivity contribution in [2.75, 3.05) is 0 Å². The summed E-state index contributed by atoms with van der Waals surface area (Å²) < 4.78 is 0. The van der Waals surface area contributed by atoms with Gasteiger partial charge >= 0.3 is 0 Å². The third-order valence-corrected chi connectivity index (χ3v) is 0.668. The summed E-state index contributed by atoms with van der Waals surface area (Å²) in [6.45, 7) is 0. The van der Waals surface area contributed by atoms with E-state index in [9.17, 15) is 0 Å². The highest BCUT2D eigenvalue weighted by molar-refractivity contribution is 6.40. The van der Waals surface area contributed by atoms with Gasteiger partial charge in [-0.1, -0.05) is 10.3 Å². The van der Waals surface area contributed by atoms with E-state index >= 15 is 0 Å². The fourth-order valence-electron chi connectivity index (χ4n) is 0.304. The van der Waals surface area contributed by atoms with Crippen molar-refractivity contribution >= 4 is 11.7 Å². The van der Waals surface area contributed by atoms with Gasteiger partial charge in [-0.25, -0.2) is 0 Å². The second-order valence-corrected chi connectivity index (χ2v) is 1.23. The van der Waals surface area contributed by atoms with E-state index in [0.717, 1.165) is 0 Å². The van der Waals surface area contributed by atoms with Crippen LogP contribution in [0.3, 0.4) is 0 Å². The zero-order valence-electron chi connectivity index (χ0n) is 5.47. The zero-order valence-corrected chi connectivity index (χ0v) is 5.47. The predicted molar refractivity (Wildman–Crippen MR) is 36.7 cm³/mol. The molecule has 0 aliphatic carbocycles. The van der Waals surface area contributed by atoms with Gasteiger partial charge in [0, 0.05) is 9.82 Å². The van der Waals surface area contributed by atoms with Crippen molar-refractivity contribution in [3.8, 4) is 0 Å². The molecule has 0 radical (unpaired) electrons. The van der Waals surface area contributed by atoms with Gasteiger partial charge in [-0.2, -0.15) is 0 Å². The quantitative estimate of drug-likeness (QED) is 0.106. The average molecular weight is 170 g/mol. The molecule has 0 aliphatic rings. The molecule has 2 N–H and O–H groups in total. The van der Waals surface area contributed by atoms with E-state index in [1.54, 1.807) is 0 Å². The number of oxime groups is 2. The molecule has 0 aromatic rings. The summed E-state index contributed by atoms with van der Waals surface area (Å²) in [6, 6.07) is 0. The summed E-state index contributed by atoms with van der Waals surface area (Å²) >= 11 is 0. The van der Waals surface area contributed by atoms with Crippen molar-refractivity contribution in [2.24, 2.45) is 20.5 Å². The highest BCUT2D eigenvalue weighted by Gasteiger charge is 2.05. The SMILES string of the molecule is [N-]=[N+]=NC(=N/O)/C(N=[N+]=[N-])=N\O. The molecule has 0 aromatic heterocycles. The molecule has 0 unspecified atom stereocenters. The van der Waals surface area contributed by atoms with E-state index in [1.807, 2.05) is 0 Å². The van der Waals surface area contributed by atoms with Crippen LogP contribution >= 0.6 is 0 Å². The van der Waals surface area contributed by atoms with E-state index < -0.39 is 11.7 Å². The lowest BCUT2D eigenvalue weighted by molar-refractivity contribution is 0.313. The third kappa shape index (κ3) is 2.43. The zero-order chi connectivity index (χ0) is 9.40. The third-order valence-electron chi connectivity index (χ3n) is 0.668. The molecule has 0 fully saturated rings. The fraction of sp³-hybridized carbons (Fsp3) is 0. The summed E-state index contributed by atoms with van der Waals surface area (Å²) in [5.41, 5.74) is 15.8. The molecule has 62 valence electrons. The lowest BCUT2D eigenvalue weighted by Gasteiger charge is -1.89. The highest BCUT2D eigenvalue weighted by Crippen LogP contribution is 1.89. The minimum Gasteiger partial charge on any atom is -0.410 e. The summed E-state index contributed by atoms with van der Waals surface area (Å²) in [7, 11) is 0. The van der Waals surface area contributed by atoms with Gasteiger partial charge in [0.15, 0.2) is 11.7 Å². The molecule has 10 heteroatoms. The topological polar surface area (TPSA) is 163 Å². The maximum Gasteiger partial charge on any atom is 0.197 e.